The van der Waals surface area contributed by atoms with E-state index in [2.05, 4.69) is 0 Å². The van der Waals surface area contributed by atoms with E-state index >= 15 is 0 Å². The summed E-state index contributed by atoms with van der Waals surface area (Å²) in [5, 5.41) is 10.5. The van der Waals surface area contributed by atoms with Gasteiger partial charge in [-0.2, -0.15) is 4.31 Å². The van der Waals surface area contributed by atoms with Crippen molar-refractivity contribution < 1.29 is 18.3 Å². The molecule has 2 aliphatic rings. The molecule has 1 fully saturated rings. The lowest BCUT2D eigenvalue weighted by Crippen LogP contribution is -2.40. The molecule has 1 heterocycles. The maximum Gasteiger partial charge on any atom is 0.333 e. The van der Waals surface area contributed by atoms with E-state index in [1.807, 2.05) is 0 Å². The molecule has 2 unspecified atom stereocenters. The number of rotatable bonds is 6. The predicted molar refractivity (Wildman–Crippen MR) is 120 cm³/mol. The van der Waals surface area contributed by atoms with Gasteiger partial charge in [-0.1, -0.05) is 73.7 Å². The lowest BCUT2D eigenvalue weighted by atomic mass is 9.98. The Morgan fingerprint density at radius 3 is 2.35 bits per heavy atom. The molecule has 4 rings (SSSR count). The van der Waals surface area contributed by atoms with Gasteiger partial charge in [0.05, 0.1) is 16.5 Å². The van der Waals surface area contributed by atoms with Crippen LogP contribution in [0, 0.1) is 12.8 Å². The molecule has 0 amide bonds. The fourth-order valence-electron chi connectivity index (χ4n) is 4.90. The molecule has 0 saturated heterocycles. The van der Waals surface area contributed by atoms with Crippen LogP contribution in [0.25, 0.3) is 0 Å². The number of halogens is 1. The zero-order chi connectivity index (χ0) is 22.2. The summed E-state index contributed by atoms with van der Waals surface area (Å²) < 4.78 is 29.3. The minimum atomic E-state index is -3.95. The fourth-order valence-corrected chi connectivity index (χ4v) is 6.99. The molecule has 2 aromatic carbocycles. The highest BCUT2D eigenvalue weighted by Gasteiger charge is 2.46. The molecular weight excluding hydrogens is 434 g/mol. The van der Waals surface area contributed by atoms with Crippen molar-refractivity contribution in [3.8, 4) is 0 Å². The van der Waals surface area contributed by atoms with Gasteiger partial charge in [-0.25, -0.2) is 13.2 Å². The summed E-state index contributed by atoms with van der Waals surface area (Å²) in [4.78, 5) is 12.4. The molecule has 1 N–H and O–H groups in total. The van der Waals surface area contributed by atoms with E-state index in [0.29, 0.717) is 28.5 Å². The van der Waals surface area contributed by atoms with Gasteiger partial charge in [0.1, 0.15) is 0 Å². The van der Waals surface area contributed by atoms with Crippen molar-refractivity contribution in [1.29, 1.82) is 0 Å². The zero-order valence-corrected chi connectivity index (χ0v) is 18.9. The monoisotopic (exact) mass is 459 g/mol. The van der Waals surface area contributed by atoms with Crippen molar-refractivity contribution in [2.24, 2.45) is 5.92 Å². The van der Waals surface area contributed by atoms with Gasteiger partial charge in [-0.15, -0.1) is 0 Å². The Hall–Kier alpha value is -2.15. The normalized spacial score (nSPS) is 22.6. The average molecular weight is 460 g/mol. The Kier molecular flexibility index (Phi) is 6.24. The van der Waals surface area contributed by atoms with E-state index in [1.54, 1.807) is 61.5 Å². The van der Waals surface area contributed by atoms with Crippen LogP contribution in [-0.2, 0) is 14.8 Å². The SMILES string of the molecule is Cc1ccccc1S(=O)(=O)N1C(CC2CCCC2)C=C(C(=O)O)C1c1ccc(Cl)cc1. The second-order valence-electron chi connectivity index (χ2n) is 8.44. The molecule has 1 saturated carbocycles. The Morgan fingerprint density at radius 1 is 1.10 bits per heavy atom. The highest BCUT2D eigenvalue weighted by atomic mass is 35.5. The van der Waals surface area contributed by atoms with E-state index in [4.69, 9.17) is 11.6 Å². The number of hydrogen-bond acceptors (Lipinski definition) is 3. The molecule has 31 heavy (non-hydrogen) atoms. The van der Waals surface area contributed by atoms with Crippen LogP contribution in [-0.4, -0.2) is 29.8 Å². The molecule has 164 valence electrons. The van der Waals surface area contributed by atoms with Gasteiger partial charge in [0.15, 0.2) is 0 Å². The number of benzene rings is 2. The van der Waals surface area contributed by atoms with E-state index in [9.17, 15) is 18.3 Å². The molecule has 5 nitrogen and oxygen atoms in total. The quantitative estimate of drug-likeness (QED) is 0.631. The van der Waals surface area contributed by atoms with Crippen LogP contribution in [0.15, 0.2) is 65.1 Å². The van der Waals surface area contributed by atoms with E-state index in [0.717, 1.165) is 25.7 Å². The Labute approximate surface area is 188 Å². The number of carboxylic acid groups (broad SMARTS) is 1. The van der Waals surface area contributed by atoms with Crippen molar-refractivity contribution >= 4 is 27.6 Å². The van der Waals surface area contributed by atoms with Crippen LogP contribution in [0.3, 0.4) is 0 Å². The molecule has 1 aliphatic carbocycles. The topological polar surface area (TPSA) is 74.7 Å². The summed E-state index contributed by atoms with van der Waals surface area (Å²) in [6.45, 7) is 1.76. The molecule has 1 aliphatic heterocycles. The first-order valence-electron chi connectivity index (χ1n) is 10.6. The molecule has 2 atom stereocenters. The second-order valence-corrected chi connectivity index (χ2v) is 10.7. The second kappa shape index (κ2) is 8.77. The Bertz CT molecular complexity index is 1100. The summed E-state index contributed by atoms with van der Waals surface area (Å²) >= 11 is 6.04. The van der Waals surface area contributed by atoms with Crippen molar-refractivity contribution in [3.05, 3.63) is 76.3 Å². The first-order chi connectivity index (χ1) is 14.8. The molecule has 0 aromatic heterocycles. The third-order valence-electron chi connectivity index (χ3n) is 6.38. The summed E-state index contributed by atoms with van der Waals surface area (Å²) in [6, 6.07) is 12.2. The lowest BCUT2D eigenvalue weighted by molar-refractivity contribution is -0.133. The minimum Gasteiger partial charge on any atom is -0.478 e. The number of carboxylic acids is 1. The van der Waals surface area contributed by atoms with Gasteiger partial charge < -0.3 is 5.11 Å². The third kappa shape index (κ3) is 4.29. The van der Waals surface area contributed by atoms with Crippen LogP contribution in [0.1, 0.15) is 49.3 Å². The molecule has 0 spiro atoms. The predicted octanol–water partition coefficient (Wildman–Crippen LogP) is 5.35. The van der Waals surface area contributed by atoms with Gasteiger partial charge >= 0.3 is 5.97 Å². The van der Waals surface area contributed by atoms with Crippen LogP contribution in [0.2, 0.25) is 5.02 Å². The largest absolute Gasteiger partial charge is 0.478 e. The Morgan fingerprint density at radius 2 is 1.74 bits per heavy atom. The highest BCUT2D eigenvalue weighted by molar-refractivity contribution is 7.89. The van der Waals surface area contributed by atoms with Crippen LogP contribution < -0.4 is 0 Å². The van der Waals surface area contributed by atoms with Gasteiger partial charge in [-0.3, -0.25) is 0 Å². The highest BCUT2D eigenvalue weighted by Crippen LogP contribution is 2.44. The number of aliphatic carboxylic acids is 1. The number of carbonyl (C=O) groups is 1. The van der Waals surface area contributed by atoms with E-state index < -0.39 is 28.1 Å². The third-order valence-corrected chi connectivity index (χ3v) is 8.68. The number of aryl methyl sites for hydroxylation is 1. The summed E-state index contributed by atoms with van der Waals surface area (Å²) in [5.74, 6) is -0.700. The lowest BCUT2D eigenvalue weighted by Gasteiger charge is -2.32. The van der Waals surface area contributed by atoms with Gasteiger partial charge in [0, 0.05) is 11.1 Å². The molecule has 2 aromatic rings. The van der Waals surface area contributed by atoms with Crippen LogP contribution in [0.5, 0.6) is 0 Å². The number of nitrogens with zero attached hydrogens (tertiary/aromatic N) is 1. The minimum absolute atomic E-state index is 0.0995. The van der Waals surface area contributed by atoms with Crippen LogP contribution >= 0.6 is 11.6 Å². The summed E-state index contributed by atoms with van der Waals surface area (Å²) in [6.07, 6.45) is 6.66. The fraction of sp³-hybridized carbons (Fsp3) is 0.375. The van der Waals surface area contributed by atoms with Crippen molar-refractivity contribution in [3.63, 3.8) is 0 Å². The van der Waals surface area contributed by atoms with Crippen molar-refractivity contribution in [2.45, 2.75) is 56.0 Å². The average Bonchev–Trinajstić information content (AvgIpc) is 3.37. The van der Waals surface area contributed by atoms with Gasteiger partial charge in [-0.05, 0) is 48.6 Å². The molecule has 0 radical (unpaired) electrons. The van der Waals surface area contributed by atoms with Crippen molar-refractivity contribution in [1.82, 2.24) is 4.31 Å². The first-order valence-corrected chi connectivity index (χ1v) is 12.4. The molecular formula is C24H26ClNO4S. The standard InChI is InChI=1S/C24H26ClNO4S/c1-16-6-2-5-9-22(16)31(29,30)26-20(14-17-7-3-4-8-17)15-21(24(27)28)23(26)18-10-12-19(25)13-11-18/h2,5-6,9-13,15,17,20,23H,3-4,7-8,14H2,1H3,(H,27,28). The first kappa shape index (κ1) is 22.1. The van der Waals surface area contributed by atoms with Gasteiger partial charge in [0.25, 0.3) is 0 Å². The zero-order valence-electron chi connectivity index (χ0n) is 17.4. The van der Waals surface area contributed by atoms with Crippen molar-refractivity contribution in [2.75, 3.05) is 0 Å². The maximum absolute atomic E-state index is 13.9. The summed E-state index contributed by atoms with van der Waals surface area (Å²) in [5.41, 5.74) is 1.34. The molecule has 0 bridgehead atoms. The summed E-state index contributed by atoms with van der Waals surface area (Å²) in [7, 11) is -3.95. The Balaban J connectivity index is 1.85. The smallest absolute Gasteiger partial charge is 0.333 e. The molecule has 7 heteroatoms. The number of hydrogen-bond donors (Lipinski definition) is 1. The number of sulfonamides is 1. The van der Waals surface area contributed by atoms with Gasteiger partial charge in [0.2, 0.25) is 10.0 Å². The maximum atomic E-state index is 13.9. The van der Waals surface area contributed by atoms with E-state index in [-0.39, 0.29) is 10.5 Å². The van der Waals surface area contributed by atoms with Crippen LogP contribution in [0.4, 0.5) is 0 Å². The van der Waals surface area contributed by atoms with E-state index in [1.165, 1.54) is 4.31 Å².